The molecule has 0 spiro atoms. The van der Waals surface area contributed by atoms with E-state index in [9.17, 15) is 0 Å². The Kier molecular flexibility index (Phi) is 1.12. The van der Waals surface area contributed by atoms with Gasteiger partial charge in [0.15, 0.2) is 0 Å². The van der Waals surface area contributed by atoms with Crippen molar-refractivity contribution in [3.63, 3.8) is 0 Å². The highest BCUT2D eigenvalue weighted by Crippen LogP contribution is 2.51. The lowest BCUT2D eigenvalue weighted by molar-refractivity contribution is 0.158. The maximum absolute atomic E-state index is 5.72. The minimum atomic E-state index is 0.843. The average Bonchev–Trinajstić information content (AvgIpc) is 2.64. The molecule has 1 heteroatoms. The molecule has 3 aliphatic rings. The van der Waals surface area contributed by atoms with Crippen molar-refractivity contribution in [2.75, 3.05) is 6.61 Å². The SMILES string of the molecule is C1COC2=C(C1)C1CCC2C1. The van der Waals surface area contributed by atoms with Gasteiger partial charge in [0.05, 0.1) is 12.4 Å². The van der Waals surface area contributed by atoms with E-state index in [4.69, 9.17) is 4.74 Å². The van der Waals surface area contributed by atoms with Gasteiger partial charge in [0.2, 0.25) is 0 Å². The van der Waals surface area contributed by atoms with Crippen LogP contribution >= 0.6 is 0 Å². The van der Waals surface area contributed by atoms with Gasteiger partial charge in [-0.1, -0.05) is 0 Å². The molecular weight excluding hydrogens is 136 g/mol. The molecule has 1 heterocycles. The Morgan fingerprint density at radius 1 is 1.18 bits per heavy atom. The summed E-state index contributed by atoms with van der Waals surface area (Å²) in [6, 6.07) is 0. The van der Waals surface area contributed by atoms with Crippen molar-refractivity contribution in [3.05, 3.63) is 11.3 Å². The smallest absolute Gasteiger partial charge is 0.0985 e. The summed E-state index contributed by atoms with van der Waals surface area (Å²) in [7, 11) is 0. The minimum absolute atomic E-state index is 0.843. The van der Waals surface area contributed by atoms with Crippen molar-refractivity contribution in [2.45, 2.75) is 32.1 Å². The summed E-state index contributed by atoms with van der Waals surface area (Å²) in [6.45, 7) is 0.988. The van der Waals surface area contributed by atoms with Crippen molar-refractivity contribution >= 4 is 0 Å². The third kappa shape index (κ3) is 0.715. The fourth-order valence-corrected chi connectivity index (χ4v) is 2.98. The molecule has 2 unspecified atom stereocenters. The van der Waals surface area contributed by atoms with Gasteiger partial charge in [-0.2, -0.15) is 0 Å². The molecule has 0 N–H and O–H groups in total. The molecule has 3 rings (SSSR count). The first-order chi connectivity index (χ1) is 5.45. The van der Waals surface area contributed by atoms with Gasteiger partial charge in [-0.05, 0) is 43.6 Å². The summed E-state index contributed by atoms with van der Waals surface area (Å²) >= 11 is 0. The molecule has 0 saturated heterocycles. The Morgan fingerprint density at radius 3 is 3.00 bits per heavy atom. The number of rotatable bonds is 0. The zero-order valence-corrected chi connectivity index (χ0v) is 6.81. The van der Waals surface area contributed by atoms with Crippen LogP contribution in [-0.2, 0) is 4.74 Å². The third-order valence-corrected chi connectivity index (χ3v) is 3.46. The first-order valence-corrected chi connectivity index (χ1v) is 4.81. The van der Waals surface area contributed by atoms with Crippen LogP contribution in [0.5, 0.6) is 0 Å². The predicted octanol–water partition coefficient (Wildman–Crippen LogP) is 2.48. The highest BCUT2D eigenvalue weighted by atomic mass is 16.5. The second kappa shape index (κ2) is 2.02. The van der Waals surface area contributed by atoms with Crippen molar-refractivity contribution in [2.24, 2.45) is 11.8 Å². The van der Waals surface area contributed by atoms with Gasteiger partial charge in [0, 0.05) is 5.92 Å². The van der Waals surface area contributed by atoms with E-state index < -0.39 is 0 Å². The zero-order valence-electron chi connectivity index (χ0n) is 6.81. The van der Waals surface area contributed by atoms with Crippen molar-refractivity contribution in [1.29, 1.82) is 0 Å². The van der Waals surface area contributed by atoms with Gasteiger partial charge in [-0.15, -0.1) is 0 Å². The molecule has 0 aromatic carbocycles. The van der Waals surface area contributed by atoms with E-state index in [-0.39, 0.29) is 0 Å². The van der Waals surface area contributed by atoms with Crippen molar-refractivity contribution in [1.82, 2.24) is 0 Å². The Hall–Kier alpha value is -0.460. The Labute approximate surface area is 67.4 Å². The largest absolute Gasteiger partial charge is 0.498 e. The van der Waals surface area contributed by atoms with E-state index >= 15 is 0 Å². The standard InChI is InChI=1S/C10H14O/c1-2-9-7-3-4-8(6-7)10(9)11-5-1/h7-8H,1-6H2. The van der Waals surface area contributed by atoms with Crippen LogP contribution in [0.1, 0.15) is 32.1 Å². The van der Waals surface area contributed by atoms with E-state index in [1.165, 1.54) is 37.9 Å². The fourth-order valence-electron chi connectivity index (χ4n) is 2.98. The Bertz CT molecular complexity index is 195. The fraction of sp³-hybridized carbons (Fsp3) is 0.800. The van der Waals surface area contributed by atoms with Gasteiger partial charge in [-0.3, -0.25) is 0 Å². The van der Waals surface area contributed by atoms with Crippen LogP contribution in [-0.4, -0.2) is 6.61 Å². The van der Waals surface area contributed by atoms with Gasteiger partial charge < -0.3 is 4.74 Å². The normalized spacial score (nSPS) is 40.7. The molecule has 0 aromatic rings. The summed E-state index contributed by atoms with van der Waals surface area (Å²) < 4.78 is 5.72. The molecule has 0 radical (unpaired) electrons. The van der Waals surface area contributed by atoms with Gasteiger partial charge >= 0.3 is 0 Å². The quantitative estimate of drug-likeness (QED) is 0.515. The molecule has 1 aliphatic heterocycles. The van der Waals surface area contributed by atoms with Crippen LogP contribution in [0.25, 0.3) is 0 Å². The summed E-state index contributed by atoms with van der Waals surface area (Å²) in [5.74, 6) is 3.21. The lowest BCUT2D eigenvalue weighted by atomic mass is 9.92. The maximum atomic E-state index is 5.72. The van der Waals surface area contributed by atoms with Crippen molar-refractivity contribution < 1.29 is 4.74 Å². The molecule has 1 fully saturated rings. The van der Waals surface area contributed by atoms with Gasteiger partial charge in [0.1, 0.15) is 0 Å². The molecule has 0 amide bonds. The average molecular weight is 150 g/mol. The van der Waals surface area contributed by atoms with Crippen LogP contribution in [0, 0.1) is 11.8 Å². The number of allylic oxidation sites excluding steroid dienone is 2. The highest BCUT2D eigenvalue weighted by molar-refractivity contribution is 5.26. The molecular formula is C10H14O. The van der Waals surface area contributed by atoms with E-state index in [0.29, 0.717) is 0 Å². The molecule has 11 heavy (non-hydrogen) atoms. The summed E-state index contributed by atoms with van der Waals surface area (Å²) in [5.41, 5.74) is 1.70. The third-order valence-electron chi connectivity index (χ3n) is 3.46. The van der Waals surface area contributed by atoms with E-state index in [0.717, 1.165) is 18.4 Å². The summed E-state index contributed by atoms with van der Waals surface area (Å²) in [5, 5.41) is 0. The highest BCUT2D eigenvalue weighted by Gasteiger charge is 2.41. The first-order valence-electron chi connectivity index (χ1n) is 4.81. The van der Waals surface area contributed by atoms with E-state index in [1.807, 2.05) is 0 Å². The zero-order chi connectivity index (χ0) is 7.26. The van der Waals surface area contributed by atoms with E-state index in [1.54, 1.807) is 5.57 Å². The number of hydrogen-bond donors (Lipinski definition) is 0. The molecule has 1 nitrogen and oxygen atoms in total. The van der Waals surface area contributed by atoms with Crippen LogP contribution in [0.3, 0.4) is 0 Å². The number of fused-ring (bicyclic) bond motifs is 4. The molecule has 0 aromatic heterocycles. The van der Waals surface area contributed by atoms with Crippen LogP contribution in [0.4, 0.5) is 0 Å². The monoisotopic (exact) mass is 150 g/mol. The van der Waals surface area contributed by atoms with Crippen LogP contribution < -0.4 is 0 Å². The summed E-state index contributed by atoms with van der Waals surface area (Å²) in [6.07, 6.45) is 6.89. The molecule has 2 bridgehead atoms. The van der Waals surface area contributed by atoms with E-state index in [2.05, 4.69) is 0 Å². The van der Waals surface area contributed by atoms with Gasteiger partial charge in [-0.25, -0.2) is 0 Å². The number of hydrogen-bond acceptors (Lipinski definition) is 1. The van der Waals surface area contributed by atoms with Crippen LogP contribution in [0.2, 0.25) is 0 Å². The topological polar surface area (TPSA) is 9.23 Å². The predicted molar refractivity (Wildman–Crippen MR) is 43.0 cm³/mol. The summed E-state index contributed by atoms with van der Waals surface area (Å²) in [4.78, 5) is 0. The lowest BCUT2D eigenvalue weighted by Gasteiger charge is -2.24. The first kappa shape index (κ1) is 6.10. The maximum Gasteiger partial charge on any atom is 0.0985 e. The molecule has 2 aliphatic carbocycles. The Morgan fingerprint density at radius 2 is 2.09 bits per heavy atom. The molecule has 1 saturated carbocycles. The van der Waals surface area contributed by atoms with Crippen molar-refractivity contribution in [3.8, 4) is 0 Å². The Balaban J connectivity index is 2.00. The molecule has 60 valence electrons. The molecule has 2 atom stereocenters. The second-order valence-corrected chi connectivity index (χ2v) is 4.05. The van der Waals surface area contributed by atoms with Gasteiger partial charge in [0.25, 0.3) is 0 Å². The lowest BCUT2D eigenvalue weighted by Crippen LogP contribution is -2.12. The minimum Gasteiger partial charge on any atom is -0.498 e. The second-order valence-electron chi connectivity index (χ2n) is 4.05. The number of ether oxygens (including phenoxy) is 1. The van der Waals surface area contributed by atoms with Crippen LogP contribution in [0.15, 0.2) is 11.3 Å².